The fraction of sp³-hybridized carbons (Fsp3) is 0.462. The molecule has 3 rings (SSSR count). The molecular weight excluding hydrogens is 264 g/mol. The van der Waals surface area contributed by atoms with Crippen LogP contribution in [0, 0.1) is 0 Å². The molecule has 0 atom stereocenters. The van der Waals surface area contributed by atoms with E-state index in [9.17, 15) is 8.42 Å². The van der Waals surface area contributed by atoms with Crippen molar-refractivity contribution in [1.82, 2.24) is 4.98 Å². The molecule has 0 spiro atoms. The van der Waals surface area contributed by atoms with Gasteiger partial charge in [0.15, 0.2) is 15.4 Å². The van der Waals surface area contributed by atoms with Gasteiger partial charge in [0, 0.05) is 11.8 Å². The third-order valence-electron chi connectivity index (χ3n) is 3.59. The van der Waals surface area contributed by atoms with Crippen molar-refractivity contribution in [3.63, 3.8) is 0 Å². The van der Waals surface area contributed by atoms with Crippen molar-refractivity contribution in [2.75, 3.05) is 5.73 Å². The lowest BCUT2D eigenvalue weighted by molar-refractivity contribution is 0.534. The van der Waals surface area contributed by atoms with Crippen LogP contribution in [-0.4, -0.2) is 18.7 Å². The van der Waals surface area contributed by atoms with Crippen molar-refractivity contribution in [3.8, 4) is 0 Å². The zero-order chi connectivity index (χ0) is 13.5. The zero-order valence-corrected chi connectivity index (χ0v) is 11.3. The van der Waals surface area contributed by atoms with Gasteiger partial charge in [-0.3, -0.25) is 0 Å². The Hall–Kier alpha value is -1.56. The maximum Gasteiger partial charge on any atom is 0.210 e. The van der Waals surface area contributed by atoms with E-state index in [-0.39, 0.29) is 16.9 Å². The first-order valence-electron chi connectivity index (χ1n) is 6.41. The molecule has 2 N–H and O–H groups in total. The monoisotopic (exact) mass is 280 g/mol. The average Bonchev–Trinajstić information content (AvgIpc) is 2.95. The minimum absolute atomic E-state index is 0.119. The molecule has 0 amide bonds. The van der Waals surface area contributed by atoms with Crippen LogP contribution >= 0.6 is 0 Å². The van der Waals surface area contributed by atoms with Gasteiger partial charge in [-0.1, -0.05) is 12.8 Å². The van der Waals surface area contributed by atoms with Gasteiger partial charge in [0.1, 0.15) is 11.3 Å². The standard InChI is InChI=1S/C13H16N2O3S/c14-9-5-6-11-12(7-9)18-13(15-11)8-19(16,17)10-3-1-2-4-10/h5-7,10H,1-4,8,14H2. The van der Waals surface area contributed by atoms with E-state index in [0.29, 0.717) is 16.8 Å². The summed E-state index contributed by atoms with van der Waals surface area (Å²) >= 11 is 0. The molecule has 1 aliphatic carbocycles. The van der Waals surface area contributed by atoms with E-state index in [0.717, 1.165) is 25.7 Å². The number of fused-ring (bicyclic) bond motifs is 1. The summed E-state index contributed by atoms with van der Waals surface area (Å²) in [6.45, 7) is 0. The lowest BCUT2D eigenvalue weighted by Crippen LogP contribution is -2.19. The zero-order valence-electron chi connectivity index (χ0n) is 10.5. The second kappa shape index (κ2) is 4.52. The lowest BCUT2D eigenvalue weighted by Gasteiger charge is -2.08. The molecule has 1 saturated carbocycles. The van der Waals surface area contributed by atoms with Crippen LogP contribution in [0.15, 0.2) is 22.6 Å². The summed E-state index contributed by atoms with van der Waals surface area (Å²) in [6, 6.07) is 5.12. The van der Waals surface area contributed by atoms with Crippen LogP contribution in [0.2, 0.25) is 0 Å². The maximum atomic E-state index is 12.2. The van der Waals surface area contributed by atoms with E-state index in [4.69, 9.17) is 10.2 Å². The van der Waals surface area contributed by atoms with Crippen LogP contribution in [0.4, 0.5) is 5.69 Å². The highest BCUT2D eigenvalue weighted by atomic mass is 32.2. The fourth-order valence-electron chi connectivity index (χ4n) is 2.59. The van der Waals surface area contributed by atoms with Crippen LogP contribution < -0.4 is 5.73 Å². The third-order valence-corrected chi connectivity index (χ3v) is 5.73. The Kier molecular flexibility index (Phi) is 2.97. The van der Waals surface area contributed by atoms with Crippen LogP contribution in [0.1, 0.15) is 31.6 Å². The maximum absolute atomic E-state index is 12.2. The second-order valence-corrected chi connectivity index (χ2v) is 7.33. The Bertz CT molecular complexity index is 700. The first kappa shape index (κ1) is 12.5. The van der Waals surface area contributed by atoms with Gasteiger partial charge in [-0.25, -0.2) is 13.4 Å². The Balaban J connectivity index is 1.88. The quantitative estimate of drug-likeness (QED) is 0.871. The molecule has 0 bridgehead atoms. The fourth-order valence-corrected chi connectivity index (χ4v) is 4.34. The molecule has 1 aromatic heterocycles. The van der Waals surface area contributed by atoms with Gasteiger partial charge in [-0.05, 0) is 25.0 Å². The molecule has 2 aromatic rings. The van der Waals surface area contributed by atoms with Gasteiger partial charge in [-0.2, -0.15) is 0 Å². The van der Waals surface area contributed by atoms with Crippen molar-refractivity contribution in [3.05, 3.63) is 24.1 Å². The molecule has 1 heterocycles. The molecule has 1 fully saturated rings. The number of sulfone groups is 1. The largest absolute Gasteiger partial charge is 0.440 e. The van der Waals surface area contributed by atoms with Crippen LogP contribution in [0.25, 0.3) is 11.1 Å². The SMILES string of the molecule is Nc1ccc2nc(CS(=O)(=O)C3CCCC3)oc2c1. The van der Waals surface area contributed by atoms with Crippen molar-refractivity contribution in [1.29, 1.82) is 0 Å². The molecule has 0 radical (unpaired) electrons. The van der Waals surface area contributed by atoms with Gasteiger partial charge in [0.2, 0.25) is 5.89 Å². The highest BCUT2D eigenvalue weighted by Crippen LogP contribution is 2.28. The predicted molar refractivity (Wildman–Crippen MR) is 73.3 cm³/mol. The molecular formula is C13H16N2O3S. The number of nitrogens with two attached hydrogens (primary N) is 1. The Labute approximate surface area is 111 Å². The molecule has 0 saturated heterocycles. The average molecular weight is 280 g/mol. The van der Waals surface area contributed by atoms with Crippen molar-refractivity contribution >= 4 is 26.6 Å². The predicted octanol–water partition coefficient (Wildman–Crippen LogP) is 2.27. The molecule has 1 aliphatic rings. The molecule has 0 unspecified atom stereocenters. The van der Waals surface area contributed by atoms with Crippen molar-refractivity contribution in [2.24, 2.45) is 0 Å². The van der Waals surface area contributed by atoms with Gasteiger partial charge in [-0.15, -0.1) is 0 Å². The minimum Gasteiger partial charge on any atom is -0.440 e. The summed E-state index contributed by atoms with van der Waals surface area (Å²) in [5, 5.41) is -0.229. The molecule has 1 aromatic carbocycles. The molecule has 6 heteroatoms. The number of anilines is 1. The van der Waals surface area contributed by atoms with E-state index in [1.165, 1.54) is 0 Å². The summed E-state index contributed by atoms with van der Waals surface area (Å²) in [5.74, 6) is 0.138. The van der Waals surface area contributed by atoms with Crippen LogP contribution in [0.5, 0.6) is 0 Å². The summed E-state index contributed by atoms with van der Waals surface area (Å²) in [6.07, 6.45) is 3.51. The van der Waals surface area contributed by atoms with E-state index in [1.807, 2.05) is 0 Å². The van der Waals surface area contributed by atoms with E-state index < -0.39 is 9.84 Å². The third kappa shape index (κ3) is 2.45. The first-order chi connectivity index (χ1) is 9.04. The topological polar surface area (TPSA) is 86.2 Å². The summed E-state index contributed by atoms with van der Waals surface area (Å²) in [4.78, 5) is 4.21. The first-order valence-corrected chi connectivity index (χ1v) is 8.13. The summed E-state index contributed by atoms with van der Waals surface area (Å²) in [5.41, 5.74) is 7.41. The number of nitrogen functional groups attached to an aromatic ring is 1. The number of oxazole rings is 1. The molecule has 0 aliphatic heterocycles. The van der Waals surface area contributed by atoms with E-state index >= 15 is 0 Å². The minimum atomic E-state index is -3.16. The number of benzene rings is 1. The molecule has 102 valence electrons. The van der Waals surface area contributed by atoms with Crippen LogP contribution in [0.3, 0.4) is 0 Å². The highest BCUT2D eigenvalue weighted by molar-refractivity contribution is 7.91. The van der Waals surface area contributed by atoms with Gasteiger partial charge < -0.3 is 10.2 Å². The second-order valence-electron chi connectivity index (χ2n) is 5.05. The molecule has 5 nitrogen and oxygen atoms in total. The Morgan fingerprint density at radius 1 is 1.32 bits per heavy atom. The van der Waals surface area contributed by atoms with Crippen molar-refractivity contribution in [2.45, 2.75) is 36.7 Å². The number of aromatic nitrogens is 1. The normalized spacial score (nSPS) is 17.3. The van der Waals surface area contributed by atoms with E-state index in [1.54, 1.807) is 18.2 Å². The van der Waals surface area contributed by atoms with Gasteiger partial charge >= 0.3 is 0 Å². The number of rotatable bonds is 3. The van der Waals surface area contributed by atoms with Crippen molar-refractivity contribution < 1.29 is 12.8 Å². The lowest BCUT2D eigenvalue weighted by atomic mass is 10.3. The Morgan fingerprint density at radius 2 is 2.05 bits per heavy atom. The number of nitrogens with zero attached hydrogens (tertiary/aromatic N) is 1. The Morgan fingerprint density at radius 3 is 2.79 bits per heavy atom. The summed E-state index contributed by atoms with van der Waals surface area (Å²) < 4.78 is 29.9. The highest BCUT2D eigenvalue weighted by Gasteiger charge is 2.30. The van der Waals surface area contributed by atoms with Crippen LogP contribution in [-0.2, 0) is 15.6 Å². The van der Waals surface area contributed by atoms with Gasteiger partial charge in [0.25, 0.3) is 0 Å². The summed E-state index contributed by atoms with van der Waals surface area (Å²) in [7, 11) is -3.16. The smallest absolute Gasteiger partial charge is 0.210 e. The number of hydrogen-bond acceptors (Lipinski definition) is 5. The molecule has 19 heavy (non-hydrogen) atoms. The van der Waals surface area contributed by atoms with Gasteiger partial charge in [0.05, 0.1) is 5.25 Å². The van der Waals surface area contributed by atoms with E-state index in [2.05, 4.69) is 4.98 Å². The number of hydrogen-bond donors (Lipinski definition) is 1.